The van der Waals surface area contributed by atoms with Gasteiger partial charge in [-0.1, -0.05) is 20.3 Å². The van der Waals surface area contributed by atoms with Crippen molar-refractivity contribution in [2.75, 3.05) is 0 Å². The van der Waals surface area contributed by atoms with Crippen LogP contribution in [0.15, 0.2) is 0 Å². The highest BCUT2D eigenvalue weighted by atomic mass is 16.3. The van der Waals surface area contributed by atoms with Crippen molar-refractivity contribution in [3.8, 4) is 0 Å². The van der Waals surface area contributed by atoms with Gasteiger partial charge in [0.2, 0.25) is 0 Å². The van der Waals surface area contributed by atoms with Crippen LogP contribution in [0.25, 0.3) is 0 Å². The van der Waals surface area contributed by atoms with Crippen molar-refractivity contribution in [2.45, 2.75) is 64.9 Å². The smallest absolute Gasteiger partial charge is 0.133 e. The van der Waals surface area contributed by atoms with Crippen LogP contribution < -0.4 is 0 Å². The van der Waals surface area contributed by atoms with Gasteiger partial charge in [-0.25, -0.2) is 0 Å². The lowest BCUT2D eigenvalue weighted by Gasteiger charge is -2.21. The maximum atomic E-state index is 11.2. The van der Waals surface area contributed by atoms with Gasteiger partial charge in [0.15, 0.2) is 0 Å². The van der Waals surface area contributed by atoms with E-state index in [9.17, 15) is 9.90 Å². The standard InChI is InChI=1S/C11H22O2/c1-4-6-10(12)7-9-11(3,13)8-5-2/h13H,4-9H2,1-3H3. The van der Waals surface area contributed by atoms with Crippen LogP contribution >= 0.6 is 0 Å². The third-order valence-electron chi connectivity index (χ3n) is 2.26. The molecule has 0 saturated carbocycles. The minimum absolute atomic E-state index is 0.277. The second-order valence-electron chi connectivity index (χ2n) is 4.04. The normalized spacial score (nSPS) is 15.4. The summed E-state index contributed by atoms with van der Waals surface area (Å²) >= 11 is 0. The summed E-state index contributed by atoms with van der Waals surface area (Å²) in [6, 6.07) is 0. The molecule has 0 fully saturated rings. The molecular formula is C11H22O2. The molecular weight excluding hydrogens is 164 g/mol. The molecule has 13 heavy (non-hydrogen) atoms. The third kappa shape index (κ3) is 6.76. The average molecular weight is 186 g/mol. The molecule has 2 heteroatoms. The van der Waals surface area contributed by atoms with Crippen molar-refractivity contribution in [3.05, 3.63) is 0 Å². The van der Waals surface area contributed by atoms with E-state index in [0.29, 0.717) is 19.3 Å². The summed E-state index contributed by atoms with van der Waals surface area (Å²) in [6.07, 6.45) is 4.46. The largest absolute Gasteiger partial charge is 0.390 e. The summed E-state index contributed by atoms with van der Waals surface area (Å²) in [5.41, 5.74) is -0.641. The Morgan fingerprint density at radius 1 is 1.15 bits per heavy atom. The zero-order chi connectivity index (χ0) is 10.3. The summed E-state index contributed by atoms with van der Waals surface area (Å²) in [7, 11) is 0. The zero-order valence-corrected chi connectivity index (χ0v) is 9.10. The van der Waals surface area contributed by atoms with Crippen LogP contribution in [0.2, 0.25) is 0 Å². The molecule has 0 aliphatic rings. The van der Waals surface area contributed by atoms with Crippen molar-refractivity contribution in [2.24, 2.45) is 0 Å². The Labute approximate surface area is 81.3 Å². The molecule has 0 aliphatic carbocycles. The first-order chi connectivity index (χ1) is 6.02. The number of rotatable bonds is 7. The van der Waals surface area contributed by atoms with Gasteiger partial charge < -0.3 is 5.11 Å². The molecule has 0 saturated heterocycles. The van der Waals surface area contributed by atoms with Gasteiger partial charge in [-0.05, 0) is 26.2 Å². The fraction of sp³-hybridized carbons (Fsp3) is 0.909. The van der Waals surface area contributed by atoms with E-state index in [4.69, 9.17) is 0 Å². The lowest BCUT2D eigenvalue weighted by atomic mass is 9.93. The highest BCUT2D eigenvalue weighted by Crippen LogP contribution is 2.18. The molecule has 0 radical (unpaired) electrons. The Kier molecular flexibility index (Phi) is 5.97. The van der Waals surface area contributed by atoms with Gasteiger partial charge in [0.05, 0.1) is 5.60 Å². The summed E-state index contributed by atoms with van der Waals surface area (Å²) < 4.78 is 0. The van der Waals surface area contributed by atoms with E-state index in [1.165, 1.54) is 0 Å². The van der Waals surface area contributed by atoms with Gasteiger partial charge in [-0.2, -0.15) is 0 Å². The van der Waals surface area contributed by atoms with E-state index in [-0.39, 0.29) is 5.78 Å². The molecule has 0 aromatic rings. The lowest BCUT2D eigenvalue weighted by molar-refractivity contribution is -0.120. The monoisotopic (exact) mass is 186 g/mol. The van der Waals surface area contributed by atoms with Crippen molar-refractivity contribution in [1.82, 2.24) is 0 Å². The van der Waals surface area contributed by atoms with Crippen molar-refractivity contribution in [3.63, 3.8) is 0 Å². The van der Waals surface area contributed by atoms with E-state index in [2.05, 4.69) is 0 Å². The topological polar surface area (TPSA) is 37.3 Å². The van der Waals surface area contributed by atoms with Gasteiger partial charge in [0.25, 0.3) is 0 Å². The molecule has 0 spiro atoms. The van der Waals surface area contributed by atoms with Gasteiger partial charge in [0.1, 0.15) is 5.78 Å². The predicted molar refractivity (Wildman–Crippen MR) is 54.7 cm³/mol. The highest BCUT2D eigenvalue weighted by molar-refractivity contribution is 5.78. The molecule has 1 atom stereocenters. The van der Waals surface area contributed by atoms with E-state index in [1.54, 1.807) is 0 Å². The van der Waals surface area contributed by atoms with E-state index in [0.717, 1.165) is 19.3 Å². The molecule has 0 amide bonds. The second kappa shape index (κ2) is 6.14. The Balaban J connectivity index is 3.67. The SMILES string of the molecule is CCCC(=O)CCC(C)(O)CCC. The van der Waals surface area contributed by atoms with Crippen LogP contribution in [0.1, 0.15) is 59.3 Å². The molecule has 0 rings (SSSR count). The van der Waals surface area contributed by atoms with Crippen LogP contribution in [-0.4, -0.2) is 16.5 Å². The Morgan fingerprint density at radius 3 is 2.23 bits per heavy atom. The van der Waals surface area contributed by atoms with Crippen LogP contribution in [-0.2, 0) is 4.79 Å². The lowest BCUT2D eigenvalue weighted by Crippen LogP contribution is -2.24. The fourth-order valence-electron chi connectivity index (χ4n) is 1.48. The molecule has 0 bridgehead atoms. The fourth-order valence-corrected chi connectivity index (χ4v) is 1.48. The van der Waals surface area contributed by atoms with Gasteiger partial charge in [-0.3, -0.25) is 4.79 Å². The minimum atomic E-state index is -0.641. The predicted octanol–water partition coefficient (Wildman–Crippen LogP) is 2.69. The van der Waals surface area contributed by atoms with Crippen LogP contribution in [0.5, 0.6) is 0 Å². The summed E-state index contributed by atoms with van der Waals surface area (Å²) in [5.74, 6) is 0.277. The number of ketones is 1. The number of hydrogen-bond acceptors (Lipinski definition) is 2. The molecule has 78 valence electrons. The number of Topliss-reactive ketones (excluding diaryl/α,β-unsaturated/α-hetero) is 1. The first-order valence-corrected chi connectivity index (χ1v) is 5.26. The average Bonchev–Trinajstić information content (AvgIpc) is 2.02. The molecule has 1 N–H and O–H groups in total. The first kappa shape index (κ1) is 12.6. The number of hydrogen-bond donors (Lipinski definition) is 1. The second-order valence-corrected chi connectivity index (χ2v) is 4.04. The summed E-state index contributed by atoms with van der Waals surface area (Å²) in [6.45, 7) is 5.86. The summed E-state index contributed by atoms with van der Waals surface area (Å²) in [5, 5.41) is 9.78. The molecule has 0 aromatic heterocycles. The van der Waals surface area contributed by atoms with Crippen LogP contribution in [0, 0.1) is 0 Å². The molecule has 1 unspecified atom stereocenters. The van der Waals surface area contributed by atoms with Crippen molar-refractivity contribution in [1.29, 1.82) is 0 Å². The minimum Gasteiger partial charge on any atom is -0.390 e. The van der Waals surface area contributed by atoms with Crippen LogP contribution in [0.4, 0.5) is 0 Å². The van der Waals surface area contributed by atoms with Gasteiger partial charge in [-0.15, -0.1) is 0 Å². The molecule has 2 nitrogen and oxygen atoms in total. The maximum absolute atomic E-state index is 11.2. The zero-order valence-electron chi connectivity index (χ0n) is 9.10. The van der Waals surface area contributed by atoms with Gasteiger partial charge >= 0.3 is 0 Å². The Hall–Kier alpha value is -0.370. The first-order valence-electron chi connectivity index (χ1n) is 5.26. The van der Waals surface area contributed by atoms with E-state index < -0.39 is 5.60 Å². The van der Waals surface area contributed by atoms with E-state index >= 15 is 0 Å². The number of aliphatic hydroxyl groups is 1. The quantitative estimate of drug-likeness (QED) is 0.663. The third-order valence-corrected chi connectivity index (χ3v) is 2.26. The number of carbonyl (C=O) groups is 1. The van der Waals surface area contributed by atoms with Crippen LogP contribution in [0.3, 0.4) is 0 Å². The Morgan fingerprint density at radius 2 is 1.77 bits per heavy atom. The summed E-state index contributed by atoms with van der Waals surface area (Å²) in [4.78, 5) is 11.2. The number of carbonyl (C=O) groups excluding carboxylic acids is 1. The van der Waals surface area contributed by atoms with Gasteiger partial charge in [0, 0.05) is 12.8 Å². The van der Waals surface area contributed by atoms with Crippen molar-refractivity contribution < 1.29 is 9.90 Å². The molecule has 0 aromatic carbocycles. The Bertz CT molecular complexity index is 150. The van der Waals surface area contributed by atoms with Crippen molar-refractivity contribution >= 4 is 5.78 Å². The highest BCUT2D eigenvalue weighted by Gasteiger charge is 2.19. The maximum Gasteiger partial charge on any atom is 0.133 e. The van der Waals surface area contributed by atoms with E-state index in [1.807, 2.05) is 20.8 Å². The molecule has 0 aliphatic heterocycles. The molecule has 0 heterocycles.